The predicted octanol–water partition coefficient (Wildman–Crippen LogP) is 1.81. The highest BCUT2D eigenvalue weighted by molar-refractivity contribution is 5.82. The number of hydrogen-bond donors (Lipinski definition) is 2. The first-order chi connectivity index (χ1) is 10.2. The second-order valence-electron chi connectivity index (χ2n) is 5.21. The van der Waals surface area contributed by atoms with Gasteiger partial charge in [0.1, 0.15) is 12.4 Å². The van der Waals surface area contributed by atoms with Crippen LogP contribution in [-0.4, -0.2) is 18.6 Å². The maximum absolute atomic E-state index is 12.2. The van der Waals surface area contributed by atoms with E-state index < -0.39 is 6.04 Å². The van der Waals surface area contributed by atoms with Crippen LogP contribution in [-0.2, 0) is 11.2 Å². The molecule has 2 aromatic rings. The van der Waals surface area contributed by atoms with Crippen LogP contribution in [0.25, 0.3) is 0 Å². The first-order valence-corrected chi connectivity index (χ1v) is 7.05. The summed E-state index contributed by atoms with van der Waals surface area (Å²) in [7, 11) is 0. The van der Waals surface area contributed by atoms with E-state index in [4.69, 9.17) is 10.5 Å². The molecule has 1 aliphatic heterocycles. The molecular formula is C17H18N2O2. The van der Waals surface area contributed by atoms with Gasteiger partial charge in [-0.3, -0.25) is 4.79 Å². The number of fused-ring (bicyclic) bond motifs is 1. The topological polar surface area (TPSA) is 64.4 Å². The van der Waals surface area contributed by atoms with Gasteiger partial charge in [0.2, 0.25) is 5.91 Å². The summed E-state index contributed by atoms with van der Waals surface area (Å²) in [5, 5.41) is 2.97. The van der Waals surface area contributed by atoms with Crippen molar-refractivity contribution in [2.75, 3.05) is 6.61 Å². The number of benzene rings is 2. The Morgan fingerprint density at radius 1 is 1.19 bits per heavy atom. The molecule has 2 unspecified atom stereocenters. The molecule has 4 heteroatoms. The maximum atomic E-state index is 12.2. The van der Waals surface area contributed by atoms with Crippen LogP contribution in [0.4, 0.5) is 0 Å². The number of carbonyl (C=O) groups is 1. The molecule has 3 rings (SSSR count). The number of nitrogens with two attached hydrogens (primary N) is 1. The minimum absolute atomic E-state index is 0.115. The third-order valence-corrected chi connectivity index (χ3v) is 3.65. The molecular weight excluding hydrogens is 264 g/mol. The molecule has 1 aliphatic rings. The molecule has 4 nitrogen and oxygen atoms in total. The lowest BCUT2D eigenvalue weighted by Gasteiger charge is -2.16. The van der Waals surface area contributed by atoms with Crippen LogP contribution in [0.15, 0.2) is 54.6 Å². The molecule has 0 saturated heterocycles. The molecule has 0 bridgehead atoms. The van der Waals surface area contributed by atoms with E-state index in [0.717, 1.165) is 16.9 Å². The Kier molecular flexibility index (Phi) is 3.88. The first kappa shape index (κ1) is 13.6. The van der Waals surface area contributed by atoms with Crippen LogP contribution in [0.5, 0.6) is 5.75 Å². The monoisotopic (exact) mass is 282 g/mol. The van der Waals surface area contributed by atoms with E-state index in [9.17, 15) is 4.79 Å². The number of ether oxygens (including phenoxy) is 1. The van der Waals surface area contributed by atoms with Gasteiger partial charge in [-0.15, -0.1) is 0 Å². The minimum atomic E-state index is -0.555. The SMILES string of the molecule is NC(Cc1ccccc1)C(=O)NC1COc2ccccc21. The Balaban J connectivity index is 1.62. The van der Waals surface area contributed by atoms with Crippen molar-refractivity contribution in [3.8, 4) is 5.75 Å². The summed E-state index contributed by atoms with van der Waals surface area (Å²) >= 11 is 0. The van der Waals surface area contributed by atoms with E-state index >= 15 is 0 Å². The quantitative estimate of drug-likeness (QED) is 0.899. The van der Waals surface area contributed by atoms with Crippen molar-refractivity contribution in [3.05, 3.63) is 65.7 Å². The normalized spacial score (nSPS) is 17.7. The average molecular weight is 282 g/mol. The van der Waals surface area contributed by atoms with Crippen molar-refractivity contribution >= 4 is 5.91 Å². The molecule has 0 aliphatic carbocycles. The summed E-state index contributed by atoms with van der Waals surface area (Å²) in [5.74, 6) is 0.684. The Morgan fingerprint density at radius 3 is 2.71 bits per heavy atom. The van der Waals surface area contributed by atoms with Crippen molar-refractivity contribution in [2.45, 2.75) is 18.5 Å². The highest BCUT2D eigenvalue weighted by Crippen LogP contribution is 2.31. The van der Waals surface area contributed by atoms with Crippen molar-refractivity contribution < 1.29 is 9.53 Å². The number of nitrogens with one attached hydrogen (secondary N) is 1. The molecule has 0 spiro atoms. The number of hydrogen-bond acceptors (Lipinski definition) is 3. The Bertz CT molecular complexity index is 628. The fourth-order valence-corrected chi connectivity index (χ4v) is 2.52. The second-order valence-corrected chi connectivity index (χ2v) is 5.21. The number of rotatable bonds is 4. The van der Waals surface area contributed by atoms with Crippen molar-refractivity contribution in [1.82, 2.24) is 5.32 Å². The van der Waals surface area contributed by atoms with Gasteiger partial charge >= 0.3 is 0 Å². The Morgan fingerprint density at radius 2 is 1.90 bits per heavy atom. The van der Waals surface area contributed by atoms with Crippen LogP contribution in [0.2, 0.25) is 0 Å². The lowest BCUT2D eigenvalue weighted by atomic mass is 10.0. The predicted molar refractivity (Wildman–Crippen MR) is 80.9 cm³/mol. The molecule has 1 amide bonds. The average Bonchev–Trinajstić information content (AvgIpc) is 2.91. The first-order valence-electron chi connectivity index (χ1n) is 7.05. The summed E-state index contributed by atoms with van der Waals surface area (Å²) < 4.78 is 5.55. The van der Waals surface area contributed by atoms with Gasteiger partial charge in [-0.2, -0.15) is 0 Å². The largest absolute Gasteiger partial charge is 0.491 e. The lowest BCUT2D eigenvalue weighted by Crippen LogP contribution is -2.43. The molecule has 1 heterocycles. The summed E-state index contributed by atoms with van der Waals surface area (Å²) in [6.07, 6.45) is 0.530. The summed E-state index contributed by atoms with van der Waals surface area (Å²) in [5.41, 5.74) is 8.06. The molecule has 21 heavy (non-hydrogen) atoms. The van der Waals surface area contributed by atoms with Gasteiger partial charge in [0.05, 0.1) is 12.1 Å². The zero-order chi connectivity index (χ0) is 14.7. The van der Waals surface area contributed by atoms with Gasteiger partial charge in [-0.05, 0) is 18.1 Å². The molecule has 0 aromatic heterocycles. The summed E-state index contributed by atoms with van der Waals surface area (Å²) in [6, 6.07) is 16.9. The Hall–Kier alpha value is -2.33. The molecule has 0 saturated carbocycles. The number of para-hydroxylation sites is 1. The zero-order valence-corrected chi connectivity index (χ0v) is 11.7. The minimum Gasteiger partial charge on any atom is -0.491 e. The molecule has 2 aromatic carbocycles. The fourth-order valence-electron chi connectivity index (χ4n) is 2.52. The van der Waals surface area contributed by atoms with Gasteiger partial charge in [0.15, 0.2) is 0 Å². The van der Waals surface area contributed by atoms with Gasteiger partial charge in [0, 0.05) is 5.56 Å². The van der Waals surface area contributed by atoms with E-state index in [1.807, 2.05) is 54.6 Å². The molecule has 2 atom stereocenters. The summed E-state index contributed by atoms with van der Waals surface area (Å²) in [4.78, 5) is 12.2. The van der Waals surface area contributed by atoms with Crippen LogP contribution >= 0.6 is 0 Å². The van der Waals surface area contributed by atoms with E-state index in [-0.39, 0.29) is 11.9 Å². The molecule has 0 fully saturated rings. The smallest absolute Gasteiger partial charge is 0.237 e. The van der Waals surface area contributed by atoms with E-state index in [1.54, 1.807) is 0 Å². The van der Waals surface area contributed by atoms with Crippen LogP contribution in [0, 0.1) is 0 Å². The fraction of sp³-hybridized carbons (Fsp3) is 0.235. The van der Waals surface area contributed by atoms with Gasteiger partial charge in [-0.25, -0.2) is 0 Å². The highest BCUT2D eigenvalue weighted by Gasteiger charge is 2.26. The second kappa shape index (κ2) is 5.97. The maximum Gasteiger partial charge on any atom is 0.237 e. The van der Waals surface area contributed by atoms with Gasteiger partial charge in [0.25, 0.3) is 0 Å². The van der Waals surface area contributed by atoms with E-state index in [1.165, 1.54) is 0 Å². The third-order valence-electron chi connectivity index (χ3n) is 3.65. The van der Waals surface area contributed by atoms with Gasteiger partial charge in [-0.1, -0.05) is 48.5 Å². The number of amides is 1. The van der Waals surface area contributed by atoms with Gasteiger partial charge < -0.3 is 15.8 Å². The highest BCUT2D eigenvalue weighted by atomic mass is 16.5. The van der Waals surface area contributed by atoms with Crippen molar-refractivity contribution in [2.24, 2.45) is 5.73 Å². The lowest BCUT2D eigenvalue weighted by molar-refractivity contribution is -0.123. The Labute approximate surface area is 123 Å². The molecule has 3 N–H and O–H groups in total. The van der Waals surface area contributed by atoms with Crippen LogP contribution in [0.3, 0.4) is 0 Å². The standard InChI is InChI=1S/C17H18N2O2/c18-14(10-12-6-2-1-3-7-12)17(20)19-15-11-21-16-9-5-4-8-13(15)16/h1-9,14-15H,10-11,18H2,(H,19,20). The molecule has 108 valence electrons. The third kappa shape index (κ3) is 3.06. The number of carbonyl (C=O) groups excluding carboxylic acids is 1. The van der Waals surface area contributed by atoms with Crippen LogP contribution in [0.1, 0.15) is 17.2 Å². The van der Waals surface area contributed by atoms with Crippen molar-refractivity contribution in [3.63, 3.8) is 0 Å². The van der Waals surface area contributed by atoms with E-state index in [2.05, 4.69) is 5.32 Å². The molecule has 0 radical (unpaired) electrons. The van der Waals surface area contributed by atoms with Crippen molar-refractivity contribution in [1.29, 1.82) is 0 Å². The summed E-state index contributed by atoms with van der Waals surface area (Å²) in [6.45, 7) is 0.461. The zero-order valence-electron chi connectivity index (χ0n) is 11.7. The van der Waals surface area contributed by atoms with Crippen LogP contribution < -0.4 is 15.8 Å². The van der Waals surface area contributed by atoms with E-state index in [0.29, 0.717) is 13.0 Å².